The Bertz CT molecular complexity index is 693. The van der Waals surface area contributed by atoms with Gasteiger partial charge in [-0.3, -0.25) is 0 Å². The summed E-state index contributed by atoms with van der Waals surface area (Å²) in [6, 6.07) is 8.31. The largest absolute Gasteiger partial charge is 0.423 e. The van der Waals surface area contributed by atoms with E-state index in [4.69, 9.17) is 4.42 Å². The first-order chi connectivity index (χ1) is 10.0. The second kappa shape index (κ2) is 5.65. The zero-order valence-electron chi connectivity index (χ0n) is 11.9. The number of nitrogens with one attached hydrogen (secondary N) is 1. The van der Waals surface area contributed by atoms with E-state index in [9.17, 15) is 8.42 Å². The number of anilines is 1. The summed E-state index contributed by atoms with van der Waals surface area (Å²) in [5.41, 5.74) is 1.63. The van der Waals surface area contributed by atoms with E-state index in [-0.39, 0.29) is 5.92 Å². The molecule has 7 heteroatoms. The molecule has 1 atom stereocenters. The summed E-state index contributed by atoms with van der Waals surface area (Å²) in [6.07, 6.45) is 3.21. The molecule has 1 fully saturated rings. The van der Waals surface area contributed by atoms with E-state index < -0.39 is 10.0 Å². The van der Waals surface area contributed by atoms with Crippen LogP contribution >= 0.6 is 0 Å². The van der Waals surface area contributed by atoms with Crippen LogP contribution in [0.1, 0.15) is 12.8 Å². The van der Waals surface area contributed by atoms with E-state index in [1.54, 1.807) is 0 Å². The monoisotopic (exact) mass is 309 g/mol. The summed E-state index contributed by atoms with van der Waals surface area (Å²) in [6.45, 7) is 2.12. The van der Waals surface area contributed by atoms with Gasteiger partial charge in [-0.05, 0) is 30.9 Å². The van der Waals surface area contributed by atoms with E-state index in [1.807, 2.05) is 24.3 Å². The third-order valence-corrected chi connectivity index (χ3v) is 4.40. The average Bonchev–Trinajstić information content (AvgIpc) is 2.89. The minimum Gasteiger partial charge on any atom is -0.423 e. The molecule has 1 N–H and O–H groups in total. The molecule has 0 spiro atoms. The van der Waals surface area contributed by atoms with Crippen LogP contribution in [0.2, 0.25) is 0 Å². The second-order valence-electron chi connectivity index (χ2n) is 5.54. The molecule has 0 radical (unpaired) electrons. The van der Waals surface area contributed by atoms with Gasteiger partial charge in [0.1, 0.15) is 5.52 Å². The molecular formula is C14H19N3O3S. The van der Waals surface area contributed by atoms with Crippen molar-refractivity contribution >= 4 is 27.1 Å². The first-order valence-electron chi connectivity index (χ1n) is 7.06. The lowest BCUT2D eigenvalue weighted by atomic mass is 9.99. The van der Waals surface area contributed by atoms with Gasteiger partial charge in [0.05, 0.1) is 6.26 Å². The predicted molar refractivity (Wildman–Crippen MR) is 81.8 cm³/mol. The Morgan fingerprint density at radius 3 is 3.00 bits per heavy atom. The van der Waals surface area contributed by atoms with E-state index in [1.165, 1.54) is 6.26 Å². The maximum Gasteiger partial charge on any atom is 0.298 e. The van der Waals surface area contributed by atoms with Crippen LogP contribution in [-0.4, -0.2) is 39.3 Å². The zero-order valence-corrected chi connectivity index (χ0v) is 12.8. The summed E-state index contributed by atoms with van der Waals surface area (Å²) in [7, 11) is -3.13. The number of aromatic nitrogens is 1. The summed E-state index contributed by atoms with van der Waals surface area (Å²) < 4.78 is 30.7. The average molecular weight is 309 g/mol. The molecule has 21 heavy (non-hydrogen) atoms. The third kappa shape index (κ3) is 3.54. The van der Waals surface area contributed by atoms with Crippen LogP contribution in [0, 0.1) is 5.92 Å². The highest BCUT2D eigenvalue weighted by molar-refractivity contribution is 7.88. The van der Waals surface area contributed by atoms with Crippen LogP contribution in [0.25, 0.3) is 11.1 Å². The quantitative estimate of drug-likeness (QED) is 0.928. The number of hydrogen-bond acceptors (Lipinski definition) is 5. The highest BCUT2D eigenvalue weighted by atomic mass is 32.2. The Balaban J connectivity index is 1.70. The van der Waals surface area contributed by atoms with E-state index in [0.717, 1.165) is 37.0 Å². The molecule has 0 unspecified atom stereocenters. The fraction of sp³-hybridized carbons (Fsp3) is 0.500. The molecule has 0 saturated carbocycles. The molecule has 3 rings (SSSR count). The van der Waals surface area contributed by atoms with Crippen LogP contribution < -0.4 is 9.62 Å². The third-order valence-electron chi connectivity index (χ3n) is 3.71. The number of hydrogen-bond donors (Lipinski definition) is 1. The number of benzene rings is 1. The van der Waals surface area contributed by atoms with Crippen molar-refractivity contribution in [2.24, 2.45) is 5.92 Å². The Labute approximate surface area is 124 Å². The van der Waals surface area contributed by atoms with Crippen molar-refractivity contribution in [3.63, 3.8) is 0 Å². The van der Waals surface area contributed by atoms with E-state index in [2.05, 4.69) is 14.6 Å². The summed E-state index contributed by atoms with van der Waals surface area (Å²) >= 11 is 0. The molecule has 6 nitrogen and oxygen atoms in total. The minimum atomic E-state index is -3.13. The van der Waals surface area contributed by atoms with Crippen LogP contribution in [0.5, 0.6) is 0 Å². The normalized spacial score (nSPS) is 20.0. The Morgan fingerprint density at radius 2 is 2.24 bits per heavy atom. The van der Waals surface area contributed by atoms with Crippen molar-refractivity contribution in [2.45, 2.75) is 12.8 Å². The zero-order chi connectivity index (χ0) is 14.9. The fourth-order valence-electron chi connectivity index (χ4n) is 2.67. The summed E-state index contributed by atoms with van der Waals surface area (Å²) in [4.78, 5) is 6.60. The fourth-order valence-corrected chi connectivity index (χ4v) is 3.21. The van der Waals surface area contributed by atoms with Crippen LogP contribution in [0.4, 0.5) is 6.01 Å². The first-order valence-corrected chi connectivity index (χ1v) is 8.95. The van der Waals surface area contributed by atoms with Gasteiger partial charge in [-0.15, -0.1) is 0 Å². The minimum absolute atomic E-state index is 0.281. The number of sulfonamides is 1. The van der Waals surface area contributed by atoms with Gasteiger partial charge in [0, 0.05) is 19.6 Å². The Hall–Kier alpha value is -1.60. The molecule has 1 saturated heterocycles. The van der Waals surface area contributed by atoms with Crippen molar-refractivity contribution in [2.75, 3.05) is 30.8 Å². The van der Waals surface area contributed by atoms with Gasteiger partial charge in [0.2, 0.25) is 10.0 Å². The van der Waals surface area contributed by atoms with E-state index >= 15 is 0 Å². The topological polar surface area (TPSA) is 75.4 Å². The number of para-hydroxylation sites is 2. The van der Waals surface area contributed by atoms with Gasteiger partial charge in [-0.25, -0.2) is 13.1 Å². The molecule has 0 amide bonds. The lowest BCUT2D eigenvalue weighted by Crippen LogP contribution is -2.40. The van der Waals surface area contributed by atoms with E-state index in [0.29, 0.717) is 12.6 Å². The van der Waals surface area contributed by atoms with Crippen LogP contribution in [0.15, 0.2) is 28.7 Å². The van der Waals surface area contributed by atoms with Crippen LogP contribution in [-0.2, 0) is 10.0 Å². The van der Waals surface area contributed by atoms with Gasteiger partial charge in [-0.2, -0.15) is 4.98 Å². The molecule has 2 aromatic rings. The van der Waals surface area contributed by atoms with Gasteiger partial charge in [0.15, 0.2) is 5.58 Å². The number of nitrogens with zero attached hydrogens (tertiary/aromatic N) is 2. The lowest BCUT2D eigenvalue weighted by Gasteiger charge is -2.31. The van der Waals surface area contributed by atoms with Crippen molar-refractivity contribution in [3.8, 4) is 0 Å². The molecule has 1 aromatic heterocycles. The molecular weight excluding hydrogens is 290 g/mol. The van der Waals surface area contributed by atoms with Crippen molar-refractivity contribution in [1.29, 1.82) is 0 Å². The molecule has 1 aliphatic heterocycles. The highest BCUT2D eigenvalue weighted by Gasteiger charge is 2.24. The molecule has 1 aromatic carbocycles. The number of oxazole rings is 1. The van der Waals surface area contributed by atoms with Crippen molar-refractivity contribution in [3.05, 3.63) is 24.3 Å². The van der Waals surface area contributed by atoms with Crippen molar-refractivity contribution < 1.29 is 12.8 Å². The first kappa shape index (κ1) is 14.3. The van der Waals surface area contributed by atoms with Crippen molar-refractivity contribution in [1.82, 2.24) is 9.71 Å². The number of piperidine rings is 1. The van der Waals surface area contributed by atoms with Crippen LogP contribution in [0.3, 0.4) is 0 Å². The van der Waals surface area contributed by atoms with Gasteiger partial charge >= 0.3 is 0 Å². The maximum atomic E-state index is 11.2. The van der Waals surface area contributed by atoms with Gasteiger partial charge in [0.25, 0.3) is 6.01 Å². The molecule has 2 heterocycles. The predicted octanol–water partition coefficient (Wildman–Crippen LogP) is 1.59. The number of rotatable bonds is 4. The highest BCUT2D eigenvalue weighted by Crippen LogP contribution is 2.26. The second-order valence-corrected chi connectivity index (χ2v) is 7.37. The summed E-state index contributed by atoms with van der Waals surface area (Å²) in [5.74, 6) is 0.281. The maximum absolute atomic E-state index is 11.2. The molecule has 1 aliphatic rings. The van der Waals surface area contributed by atoms with Gasteiger partial charge in [-0.1, -0.05) is 12.1 Å². The smallest absolute Gasteiger partial charge is 0.298 e. The lowest BCUT2D eigenvalue weighted by molar-refractivity contribution is 0.393. The SMILES string of the molecule is CS(=O)(=O)NC[C@@H]1CCCN(c2nc3ccccc3o2)C1. The molecule has 114 valence electrons. The summed E-state index contributed by atoms with van der Waals surface area (Å²) in [5, 5.41) is 0. The standard InChI is InChI=1S/C14H19N3O3S/c1-21(18,19)15-9-11-5-4-8-17(10-11)14-16-12-6-2-3-7-13(12)20-14/h2-3,6-7,11,15H,4-5,8-10H2,1H3/t11-/m0/s1. The Kier molecular flexibility index (Phi) is 3.86. The molecule has 0 aliphatic carbocycles. The van der Waals surface area contributed by atoms with Gasteiger partial charge < -0.3 is 9.32 Å². The molecule has 0 bridgehead atoms. The number of fused-ring (bicyclic) bond motifs is 1. The Morgan fingerprint density at radius 1 is 1.43 bits per heavy atom.